The Morgan fingerprint density at radius 2 is 1.86 bits per heavy atom. The average Bonchev–Trinajstić information content (AvgIpc) is 3.03. The quantitative estimate of drug-likeness (QED) is 0.336. The summed E-state index contributed by atoms with van der Waals surface area (Å²) in [5.74, 6) is -0.286. The predicted molar refractivity (Wildman–Crippen MR) is 109 cm³/mol. The monoisotopic (exact) mass is 493 g/mol. The minimum Gasteiger partial charge on any atom is -0.406 e. The second-order valence-electron chi connectivity index (χ2n) is 5.91. The summed E-state index contributed by atoms with van der Waals surface area (Å²) in [6.45, 7) is 0.247. The molecule has 2 unspecified atom stereocenters. The van der Waals surface area contributed by atoms with E-state index in [9.17, 15) is 21.9 Å². The SMILES string of the molecule is O=S(O)N(CC(Br)Cc1ccc(OC(F)(F)F)cc1)c1cc2ccccc2s1. The van der Waals surface area contributed by atoms with Crippen LogP contribution in [0.3, 0.4) is 0 Å². The normalized spacial score (nSPS) is 14.0. The van der Waals surface area contributed by atoms with Crippen molar-refractivity contribution in [2.45, 2.75) is 17.6 Å². The van der Waals surface area contributed by atoms with Crippen molar-refractivity contribution in [1.29, 1.82) is 0 Å². The second-order valence-corrected chi connectivity index (χ2v) is 9.17. The van der Waals surface area contributed by atoms with E-state index in [0.717, 1.165) is 15.6 Å². The number of thiophene rings is 1. The van der Waals surface area contributed by atoms with Crippen molar-refractivity contribution in [2.75, 3.05) is 10.8 Å². The summed E-state index contributed by atoms with van der Waals surface area (Å²) in [5, 5.41) is 1.66. The van der Waals surface area contributed by atoms with Crippen LogP contribution in [-0.2, 0) is 17.7 Å². The van der Waals surface area contributed by atoms with Crippen LogP contribution in [-0.4, -0.2) is 26.5 Å². The highest BCUT2D eigenvalue weighted by Crippen LogP contribution is 2.33. The van der Waals surface area contributed by atoms with Gasteiger partial charge in [-0.15, -0.1) is 24.5 Å². The Hall–Kier alpha value is -1.62. The largest absolute Gasteiger partial charge is 0.573 e. The third-order valence-corrected chi connectivity index (χ3v) is 6.42. The number of alkyl halides is 4. The molecule has 0 aliphatic heterocycles. The van der Waals surface area contributed by atoms with E-state index in [1.807, 2.05) is 30.3 Å². The summed E-state index contributed by atoms with van der Waals surface area (Å²) < 4.78 is 64.5. The lowest BCUT2D eigenvalue weighted by Crippen LogP contribution is -2.31. The molecular weight excluding hydrogens is 479 g/mol. The first kappa shape index (κ1) is 21.1. The maximum atomic E-state index is 12.2. The van der Waals surface area contributed by atoms with E-state index >= 15 is 0 Å². The van der Waals surface area contributed by atoms with Gasteiger partial charge in [-0.1, -0.05) is 46.3 Å². The van der Waals surface area contributed by atoms with Gasteiger partial charge in [0.25, 0.3) is 11.3 Å². The van der Waals surface area contributed by atoms with Crippen LogP contribution in [0.25, 0.3) is 10.1 Å². The van der Waals surface area contributed by atoms with Crippen LogP contribution in [0.1, 0.15) is 5.56 Å². The molecule has 1 aromatic heterocycles. The third-order valence-electron chi connectivity index (χ3n) is 3.82. The molecule has 2 aromatic carbocycles. The van der Waals surface area contributed by atoms with Crippen molar-refractivity contribution in [3.63, 3.8) is 0 Å². The van der Waals surface area contributed by atoms with Crippen LogP contribution < -0.4 is 9.04 Å². The number of hydrogen-bond acceptors (Lipinski definition) is 3. The molecule has 0 saturated heterocycles. The minimum atomic E-state index is -4.73. The zero-order valence-corrected chi connectivity index (χ0v) is 17.4. The second kappa shape index (κ2) is 8.81. The van der Waals surface area contributed by atoms with Crippen molar-refractivity contribution in [3.8, 4) is 5.75 Å². The summed E-state index contributed by atoms with van der Waals surface area (Å²) in [6.07, 6.45) is -4.26. The van der Waals surface area contributed by atoms with Crippen LogP contribution in [0, 0.1) is 0 Å². The molecule has 0 radical (unpaired) electrons. The molecule has 0 bridgehead atoms. The zero-order chi connectivity index (χ0) is 20.3. The first-order valence-corrected chi connectivity index (χ1v) is 10.9. The molecule has 10 heteroatoms. The summed E-state index contributed by atoms with van der Waals surface area (Å²) >= 11 is 2.71. The molecule has 0 amide bonds. The molecule has 2 atom stereocenters. The van der Waals surface area contributed by atoms with Crippen molar-refractivity contribution in [1.82, 2.24) is 0 Å². The Bertz CT molecular complexity index is 930. The Morgan fingerprint density at radius 3 is 2.46 bits per heavy atom. The Labute approximate surface area is 174 Å². The number of halogens is 4. The van der Waals surface area contributed by atoms with Gasteiger partial charge in [0.05, 0.1) is 0 Å². The Balaban J connectivity index is 1.67. The fourth-order valence-electron chi connectivity index (χ4n) is 2.65. The maximum Gasteiger partial charge on any atom is 0.573 e. The van der Waals surface area contributed by atoms with Gasteiger partial charge in [0, 0.05) is 16.1 Å². The van der Waals surface area contributed by atoms with E-state index in [2.05, 4.69) is 20.7 Å². The van der Waals surface area contributed by atoms with Crippen molar-refractivity contribution in [3.05, 3.63) is 60.2 Å². The highest BCUT2D eigenvalue weighted by Gasteiger charge is 2.31. The van der Waals surface area contributed by atoms with Gasteiger partial charge in [-0.05, 0) is 41.6 Å². The van der Waals surface area contributed by atoms with Gasteiger partial charge < -0.3 is 4.74 Å². The van der Waals surface area contributed by atoms with Gasteiger partial charge in [0.1, 0.15) is 10.8 Å². The van der Waals surface area contributed by atoms with Crippen LogP contribution in [0.15, 0.2) is 54.6 Å². The summed E-state index contributed by atoms with van der Waals surface area (Å²) in [6, 6.07) is 15.1. The number of rotatable bonds is 7. The zero-order valence-electron chi connectivity index (χ0n) is 14.2. The van der Waals surface area contributed by atoms with E-state index in [4.69, 9.17) is 0 Å². The third kappa shape index (κ3) is 5.69. The highest BCUT2D eigenvalue weighted by molar-refractivity contribution is 9.09. The molecule has 1 N–H and O–H groups in total. The summed E-state index contributed by atoms with van der Waals surface area (Å²) in [4.78, 5) is -0.191. The van der Waals surface area contributed by atoms with Gasteiger partial charge in [-0.25, -0.2) is 4.21 Å². The molecule has 0 fully saturated rings. The summed E-state index contributed by atoms with van der Waals surface area (Å²) in [5.41, 5.74) is 0.774. The molecule has 3 aromatic rings. The smallest absolute Gasteiger partial charge is 0.406 e. The first-order chi connectivity index (χ1) is 13.2. The standard InChI is InChI=1S/C18H15BrF3NO3S2/c19-14(9-12-5-7-15(8-6-12)26-18(20,21)22)11-23(28(24)25)17-10-13-3-1-2-4-16(13)27-17/h1-8,10,14H,9,11H2,(H,24,25). The molecule has 0 saturated carbocycles. The van der Waals surface area contributed by atoms with E-state index in [1.54, 1.807) is 0 Å². The van der Waals surface area contributed by atoms with Crippen LogP contribution >= 0.6 is 27.3 Å². The first-order valence-electron chi connectivity index (χ1n) is 8.07. The van der Waals surface area contributed by atoms with E-state index in [-0.39, 0.29) is 17.1 Å². The fourth-order valence-corrected chi connectivity index (χ4v) is 5.30. The van der Waals surface area contributed by atoms with Crippen molar-refractivity contribution < 1.29 is 26.7 Å². The predicted octanol–water partition coefficient (Wildman–Crippen LogP) is 5.75. The van der Waals surface area contributed by atoms with Gasteiger partial charge in [-0.3, -0.25) is 8.86 Å². The maximum absolute atomic E-state index is 12.2. The molecule has 0 spiro atoms. The molecule has 1 heterocycles. The number of anilines is 1. The highest BCUT2D eigenvalue weighted by atomic mass is 79.9. The Morgan fingerprint density at radius 1 is 1.18 bits per heavy atom. The molecule has 0 aliphatic rings. The lowest BCUT2D eigenvalue weighted by molar-refractivity contribution is -0.274. The van der Waals surface area contributed by atoms with Gasteiger partial charge in [-0.2, -0.15) is 0 Å². The van der Waals surface area contributed by atoms with E-state index in [1.165, 1.54) is 39.9 Å². The number of nitrogens with zero attached hydrogens (tertiary/aromatic N) is 1. The Kier molecular flexibility index (Phi) is 6.64. The van der Waals surface area contributed by atoms with Gasteiger partial charge in [0.15, 0.2) is 0 Å². The lowest BCUT2D eigenvalue weighted by atomic mass is 10.1. The molecule has 28 heavy (non-hydrogen) atoms. The number of hydrogen-bond donors (Lipinski definition) is 1. The molecule has 0 aliphatic carbocycles. The van der Waals surface area contributed by atoms with Crippen molar-refractivity contribution >= 4 is 53.6 Å². The lowest BCUT2D eigenvalue weighted by Gasteiger charge is -2.21. The number of fused-ring (bicyclic) bond motifs is 1. The average molecular weight is 494 g/mol. The molecule has 4 nitrogen and oxygen atoms in total. The van der Waals surface area contributed by atoms with E-state index < -0.39 is 17.6 Å². The van der Waals surface area contributed by atoms with Gasteiger partial charge >= 0.3 is 6.36 Å². The van der Waals surface area contributed by atoms with Crippen molar-refractivity contribution in [2.24, 2.45) is 0 Å². The summed E-state index contributed by atoms with van der Waals surface area (Å²) in [7, 11) is 0. The van der Waals surface area contributed by atoms with Gasteiger partial charge in [0.2, 0.25) is 0 Å². The molecule has 150 valence electrons. The molecular formula is C18H15BrF3NO3S2. The number of benzene rings is 2. The van der Waals surface area contributed by atoms with Crippen LogP contribution in [0.5, 0.6) is 5.75 Å². The topological polar surface area (TPSA) is 49.8 Å². The van der Waals surface area contributed by atoms with Crippen LogP contribution in [0.2, 0.25) is 0 Å². The number of ether oxygens (including phenoxy) is 1. The van der Waals surface area contributed by atoms with E-state index in [0.29, 0.717) is 11.4 Å². The molecule has 3 rings (SSSR count). The fraction of sp³-hybridized carbons (Fsp3) is 0.222. The minimum absolute atomic E-state index is 0.191. The van der Waals surface area contributed by atoms with Crippen LogP contribution in [0.4, 0.5) is 18.2 Å².